The molecule has 0 bridgehead atoms. The van der Waals surface area contributed by atoms with Crippen molar-refractivity contribution in [2.24, 2.45) is 11.7 Å². The van der Waals surface area contributed by atoms with E-state index in [2.05, 4.69) is 17.4 Å². The number of benzene rings is 3. The summed E-state index contributed by atoms with van der Waals surface area (Å²) in [7, 11) is 0. The Morgan fingerprint density at radius 2 is 1.64 bits per heavy atom. The molecular weight excluding hydrogens is 454 g/mol. The molecule has 4 N–H and O–H groups in total. The fourth-order valence-corrected chi connectivity index (χ4v) is 4.26. The molecule has 0 aliphatic carbocycles. The summed E-state index contributed by atoms with van der Waals surface area (Å²) in [5.74, 6) is -0.108. The molecule has 0 spiro atoms. The minimum absolute atomic E-state index is 0.0438. The Balaban J connectivity index is 1.18. The monoisotopic (exact) mass is 485 g/mol. The number of aryl methyl sites for hydroxylation is 1. The van der Waals surface area contributed by atoms with E-state index in [0.29, 0.717) is 30.9 Å². The standard InChI is InChI=1S/C29H31N3O4/c30-28(31)23-10-8-21(9-11-23)22-12-14-26(15-13-22)36-19-25-17-24(29(34)32-25)18-27(33)35-16-4-7-20-5-2-1-3-6-20/h1-3,5-6,8-15,24-25H,4,7,16-19H2,(H3,30,31)(H,32,34)/t24-,25-/m0/s1. The summed E-state index contributed by atoms with van der Waals surface area (Å²) >= 11 is 0. The van der Waals surface area contributed by atoms with Gasteiger partial charge in [-0.2, -0.15) is 0 Å². The third-order valence-corrected chi connectivity index (χ3v) is 6.25. The maximum absolute atomic E-state index is 12.3. The van der Waals surface area contributed by atoms with E-state index < -0.39 is 0 Å². The lowest BCUT2D eigenvalue weighted by Gasteiger charge is -2.12. The highest BCUT2D eigenvalue weighted by molar-refractivity contribution is 5.95. The molecule has 36 heavy (non-hydrogen) atoms. The Labute approximate surface area is 211 Å². The number of amides is 1. The second kappa shape index (κ2) is 12.0. The van der Waals surface area contributed by atoms with Crippen molar-refractivity contribution >= 4 is 17.7 Å². The van der Waals surface area contributed by atoms with Gasteiger partial charge >= 0.3 is 5.97 Å². The number of hydrogen-bond donors (Lipinski definition) is 3. The lowest BCUT2D eigenvalue weighted by Crippen LogP contribution is -2.31. The Morgan fingerprint density at radius 1 is 0.972 bits per heavy atom. The third-order valence-electron chi connectivity index (χ3n) is 6.25. The molecule has 0 saturated carbocycles. The summed E-state index contributed by atoms with van der Waals surface area (Å²) in [6.45, 7) is 0.687. The van der Waals surface area contributed by atoms with Crippen LogP contribution in [-0.4, -0.2) is 37.0 Å². The van der Waals surface area contributed by atoms with Gasteiger partial charge in [-0.05, 0) is 48.1 Å². The van der Waals surface area contributed by atoms with E-state index in [1.807, 2.05) is 66.7 Å². The molecule has 3 aromatic rings. The summed E-state index contributed by atoms with van der Waals surface area (Å²) < 4.78 is 11.2. The van der Waals surface area contributed by atoms with E-state index in [1.165, 1.54) is 5.56 Å². The number of hydrogen-bond acceptors (Lipinski definition) is 5. The van der Waals surface area contributed by atoms with Gasteiger partial charge in [0.2, 0.25) is 5.91 Å². The molecule has 1 amide bonds. The molecule has 186 valence electrons. The molecule has 1 fully saturated rings. The average Bonchev–Trinajstić information content (AvgIpc) is 3.25. The Hall–Kier alpha value is -4.13. The van der Waals surface area contributed by atoms with Gasteiger partial charge in [0.15, 0.2) is 0 Å². The van der Waals surface area contributed by atoms with E-state index in [1.54, 1.807) is 0 Å². The van der Waals surface area contributed by atoms with Crippen LogP contribution in [0, 0.1) is 11.3 Å². The summed E-state index contributed by atoms with van der Waals surface area (Å²) in [6.07, 6.45) is 2.24. The number of carbonyl (C=O) groups excluding carboxylic acids is 2. The SMILES string of the molecule is N=C(N)c1ccc(-c2ccc(OC[C@@H]3C[C@@H](CC(=O)OCCCc4ccccc4)C(=O)N3)cc2)cc1. The number of rotatable bonds is 11. The molecular formula is C29H31N3O4. The molecule has 1 heterocycles. The first-order valence-electron chi connectivity index (χ1n) is 12.2. The molecule has 3 aromatic carbocycles. The van der Waals surface area contributed by atoms with E-state index in [4.69, 9.17) is 20.6 Å². The highest BCUT2D eigenvalue weighted by atomic mass is 16.5. The smallest absolute Gasteiger partial charge is 0.306 e. The van der Waals surface area contributed by atoms with Crippen molar-refractivity contribution in [2.75, 3.05) is 13.2 Å². The van der Waals surface area contributed by atoms with Crippen molar-refractivity contribution in [1.82, 2.24) is 5.32 Å². The molecule has 2 atom stereocenters. The Bertz CT molecular complexity index is 1180. The van der Waals surface area contributed by atoms with E-state index >= 15 is 0 Å². The molecule has 7 nitrogen and oxygen atoms in total. The average molecular weight is 486 g/mol. The van der Waals surface area contributed by atoms with Crippen molar-refractivity contribution < 1.29 is 19.1 Å². The number of esters is 1. The molecule has 4 rings (SSSR count). The van der Waals surface area contributed by atoms with Crippen molar-refractivity contribution in [1.29, 1.82) is 5.41 Å². The molecule has 1 saturated heterocycles. The lowest BCUT2D eigenvalue weighted by molar-refractivity contribution is -0.146. The minimum Gasteiger partial charge on any atom is -0.491 e. The molecule has 1 aliphatic rings. The number of ether oxygens (including phenoxy) is 2. The first kappa shape index (κ1) is 25.0. The van der Waals surface area contributed by atoms with E-state index in [0.717, 1.165) is 24.0 Å². The van der Waals surface area contributed by atoms with Gasteiger partial charge < -0.3 is 20.5 Å². The fourth-order valence-electron chi connectivity index (χ4n) is 4.26. The summed E-state index contributed by atoms with van der Waals surface area (Å²) in [5, 5.41) is 10.4. The van der Waals surface area contributed by atoms with Crippen LogP contribution in [0.4, 0.5) is 0 Å². The summed E-state index contributed by atoms with van der Waals surface area (Å²) in [4.78, 5) is 24.5. The van der Waals surface area contributed by atoms with Crippen LogP contribution in [-0.2, 0) is 20.7 Å². The second-order valence-corrected chi connectivity index (χ2v) is 8.98. The third kappa shape index (κ3) is 6.95. The van der Waals surface area contributed by atoms with Crippen LogP contribution in [0.1, 0.15) is 30.4 Å². The predicted molar refractivity (Wildman–Crippen MR) is 139 cm³/mol. The van der Waals surface area contributed by atoms with E-state index in [-0.39, 0.29) is 36.1 Å². The van der Waals surface area contributed by atoms with Crippen LogP contribution in [0.15, 0.2) is 78.9 Å². The van der Waals surface area contributed by atoms with Gasteiger partial charge in [0.25, 0.3) is 0 Å². The van der Waals surface area contributed by atoms with Gasteiger partial charge in [0, 0.05) is 5.56 Å². The van der Waals surface area contributed by atoms with Crippen molar-refractivity contribution in [3.05, 3.63) is 90.0 Å². The van der Waals surface area contributed by atoms with Crippen LogP contribution in [0.5, 0.6) is 5.75 Å². The van der Waals surface area contributed by atoms with Crippen LogP contribution >= 0.6 is 0 Å². The van der Waals surface area contributed by atoms with Crippen LogP contribution in [0.25, 0.3) is 11.1 Å². The quantitative estimate of drug-likeness (QED) is 0.164. The zero-order valence-corrected chi connectivity index (χ0v) is 20.1. The zero-order valence-electron chi connectivity index (χ0n) is 20.1. The van der Waals surface area contributed by atoms with E-state index in [9.17, 15) is 9.59 Å². The van der Waals surface area contributed by atoms with Gasteiger partial charge in [-0.1, -0.05) is 66.7 Å². The van der Waals surface area contributed by atoms with Crippen LogP contribution < -0.4 is 15.8 Å². The highest BCUT2D eigenvalue weighted by Gasteiger charge is 2.34. The minimum atomic E-state index is -0.388. The lowest BCUT2D eigenvalue weighted by atomic mass is 10.0. The van der Waals surface area contributed by atoms with Crippen molar-refractivity contribution in [3.8, 4) is 16.9 Å². The van der Waals surface area contributed by atoms with Crippen molar-refractivity contribution in [2.45, 2.75) is 31.7 Å². The maximum atomic E-state index is 12.3. The fraction of sp³-hybridized carbons (Fsp3) is 0.276. The number of nitrogens with one attached hydrogen (secondary N) is 2. The number of amidine groups is 1. The van der Waals surface area contributed by atoms with Gasteiger partial charge in [-0.25, -0.2) is 0 Å². The molecule has 0 unspecified atom stereocenters. The molecule has 1 aliphatic heterocycles. The predicted octanol–water partition coefficient (Wildman–Crippen LogP) is 4.09. The summed E-state index contributed by atoms with van der Waals surface area (Å²) in [6, 6.07) is 25.1. The largest absolute Gasteiger partial charge is 0.491 e. The number of nitrogens with two attached hydrogens (primary N) is 1. The normalized spacial score (nSPS) is 16.8. The second-order valence-electron chi connectivity index (χ2n) is 8.98. The van der Waals surface area contributed by atoms with Crippen LogP contribution in [0.3, 0.4) is 0 Å². The molecule has 0 aromatic heterocycles. The topological polar surface area (TPSA) is 115 Å². The Morgan fingerprint density at radius 3 is 2.31 bits per heavy atom. The maximum Gasteiger partial charge on any atom is 0.306 e. The Kier molecular flexibility index (Phi) is 8.34. The first-order chi connectivity index (χ1) is 17.5. The van der Waals surface area contributed by atoms with Gasteiger partial charge in [-0.3, -0.25) is 15.0 Å². The van der Waals surface area contributed by atoms with Crippen molar-refractivity contribution in [3.63, 3.8) is 0 Å². The first-order valence-corrected chi connectivity index (χ1v) is 12.2. The van der Waals surface area contributed by atoms with Gasteiger partial charge in [0.05, 0.1) is 25.0 Å². The molecule has 7 heteroatoms. The number of carbonyl (C=O) groups is 2. The number of nitrogen functional groups attached to an aromatic ring is 1. The summed E-state index contributed by atoms with van der Waals surface area (Å²) in [5.41, 5.74) is 9.45. The zero-order chi connectivity index (χ0) is 25.3. The van der Waals surface area contributed by atoms with Gasteiger partial charge in [-0.15, -0.1) is 0 Å². The molecule has 0 radical (unpaired) electrons. The highest BCUT2D eigenvalue weighted by Crippen LogP contribution is 2.24. The van der Waals surface area contributed by atoms with Crippen LogP contribution in [0.2, 0.25) is 0 Å². The van der Waals surface area contributed by atoms with Gasteiger partial charge in [0.1, 0.15) is 18.2 Å².